The van der Waals surface area contributed by atoms with Crippen LogP contribution < -0.4 is 4.74 Å². The molecular weight excluding hydrogens is 254 g/mol. The molecule has 20 heavy (non-hydrogen) atoms. The Morgan fingerprint density at radius 2 is 2.05 bits per heavy atom. The molecule has 1 unspecified atom stereocenters. The first kappa shape index (κ1) is 13.6. The van der Waals surface area contributed by atoms with Crippen LogP contribution in [0.1, 0.15) is 22.3 Å². The largest absolute Gasteiger partial charge is 0.493 e. The SMILES string of the molecule is Cc1ccc2c(c1)C(=O)C(CN1CCOCC1)CCO2. The summed E-state index contributed by atoms with van der Waals surface area (Å²) in [5.41, 5.74) is 1.86. The van der Waals surface area contributed by atoms with Gasteiger partial charge in [0.15, 0.2) is 5.78 Å². The number of carbonyl (C=O) groups is 1. The number of Topliss-reactive ketones (excluding diaryl/α,β-unsaturated/α-hetero) is 1. The molecular formula is C16H21NO3. The maximum atomic E-state index is 12.7. The Kier molecular flexibility index (Phi) is 4.03. The van der Waals surface area contributed by atoms with Gasteiger partial charge in [0.2, 0.25) is 0 Å². The lowest BCUT2D eigenvalue weighted by Gasteiger charge is -2.29. The molecule has 3 rings (SSSR count). The monoisotopic (exact) mass is 275 g/mol. The standard InChI is InChI=1S/C16H21NO3/c1-12-2-3-15-14(10-12)16(18)13(4-7-20-15)11-17-5-8-19-9-6-17/h2-3,10,13H,4-9,11H2,1H3. The van der Waals surface area contributed by atoms with Gasteiger partial charge in [-0.05, 0) is 25.5 Å². The van der Waals surface area contributed by atoms with Crippen LogP contribution in [0.25, 0.3) is 0 Å². The van der Waals surface area contributed by atoms with E-state index in [4.69, 9.17) is 9.47 Å². The second kappa shape index (κ2) is 5.94. The molecule has 0 N–H and O–H groups in total. The first-order chi connectivity index (χ1) is 9.74. The third kappa shape index (κ3) is 2.86. The zero-order valence-electron chi connectivity index (χ0n) is 11.9. The summed E-state index contributed by atoms with van der Waals surface area (Å²) in [7, 11) is 0. The van der Waals surface area contributed by atoms with Crippen LogP contribution in [0.5, 0.6) is 5.75 Å². The zero-order valence-corrected chi connectivity index (χ0v) is 11.9. The summed E-state index contributed by atoms with van der Waals surface area (Å²) >= 11 is 0. The van der Waals surface area contributed by atoms with Crippen molar-refractivity contribution in [1.29, 1.82) is 0 Å². The molecule has 2 aliphatic heterocycles. The molecule has 1 atom stereocenters. The molecule has 0 radical (unpaired) electrons. The number of hydrogen-bond donors (Lipinski definition) is 0. The van der Waals surface area contributed by atoms with Crippen LogP contribution in [0.2, 0.25) is 0 Å². The van der Waals surface area contributed by atoms with Crippen molar-refractivity contribution in [3.05, 3.63) is 29.3 Å². The fourth-order valence-electron chi connectivity index (χ4n) is 2.89. The van der Waals surface area contributed by atoms with Crippen molar-refractivity contribution in [3.63, 3.8) is 0 Å². The van der Waals surface area contributed by atoms with Crippen LogP contribution in [0.3, 0.4) is 0 Å². The first-order valence-corrected chi connectivity index (χ1v) is 7.32. The van der Waals surface area contributed by atoms with Gasteiger partial charge >= 0.3 is 0 Å². The molecule has 2 aliphatic rings. The second-order valence-corrected chi connectivity index (χ2v) is 5.61. The van der Waals surface area contributed by atoms with Gasteiger partial charge in [0, 0.05) is 25.6 Å². The normalized spacial score (nSPS) is 23.9. The quantitative estimate of drug-likeness (QED) is 0.826. The Bertz CT molecular complexity index is 494. The van der Waals surface area contributed by atoms with Crippen molar-refractivity contribution < 1.29 is 14.3 Å². The average molecular weight is 275 g/mol. The van der Waals surface area contributed by atoms with E-state index in [-0.39, 0.29) is 11.7 Å². The van der Waals surface area contributed by atoms with Crippen molar-refractivity contribution >= 4 is 5.78 Å². The maximum absolute atomic E-state index is 12.7. The van der Waals surface area contributed by atoms with Gasteiger partial charge in [-0.25, -0.2) is 0 Å². The van der Waals surface area contributed by atoms with Gasteiger partial charge in [-0.3, -0.25) is 9.69 Å². The highest BCUT2D eigenvalue weighted by atomic mass is 16.5. The summed E-state index contributed by atoms with van der Waals surface area (Å²) in [6, 6.07) is 5.86. The molecule has 1 aromatic carbocycles. The van der Waals surface area contributed by atoms with Crippen molar-refractivity contribution in [3.8, 4) is 5.75 Å². The van der Waals surface area contributed by atoms with Crippen LogP contribution in [0.15, 0.2) is 18.2 Å². The van der Waals surface area contributed by atoms with Crippen LogP contribution >= 0.6 is 0 Å². The minimum Gasteiger partial charge on any atom is -0.493 e. The number of hydrogen-bond acceptors (Lipinski definition) is 4. The number of ether oxygens (including phenoxy) is 2. The molecule has 4 nitrogen and oxygen atoms in total. The topological polar surface area (TPSA) is 38.8 Å². The third-order valence-corrected chi connectivity index (χ3v) is 4.08. The lowest BCUT2D eigenvalue weighted by atomic mass is 9.93. The minimum atomic E-state index is 0.0381. The Labute approximate surface area is 119 Å². The number of aryl methyl sites for hydroxylation is 1. The van der Waals surface area contributed by atoms with Gasteiger partial charge < -0.3 is 9.47 Å². The number of benzene rings is 1. The first-order valence-electron chi connectivity index (χ1n) is 7.32. The molecule has 1 fully saturated rings. The summed E-state index contributed by atoms with van der Waals surface area (Å²) in [6.07, 6.45) is 0.796. The predicted octanol–water partition coefficient (Wildman–Crippen LogP) is 1.91. The second-order valence-electron chi connectivity index (χ2n) is 5.61. The van der Waals surface area contributed by atoms with Crippen LogP contribution in [-0.2, 0) is 4.74 Å². The van der Waals surface area contributed by atoms with Gasteiger partial charge in [-0.15, -0.1) is 0 Å². The third-order valence-electron chi connectivity index (χ3n) is 4.08. The van der Waals surface area contributed by atoms with Crippen molar-refractivity contribution in [1.82, 2.24) is 4.90 Å². The summed E-state index contributed by atoms with van der Waals surface area (Å²) < 4.78 is 11.1. The molecule has 108 valence electrons. The Balaban J connectivity index is 1.77. The lowest BCUT2D eigenvalue weighted by molar-refractivity contribution is 0.0291. The number of carbonyl (C=O) groups excluding carboxylic acids is 1. The number of fused-ring (bicyclic) bond motifs is 1. The smallest absolute Gasteiger partial charge is 0.171 e. The molecule has 0 aliphatic carbocycles. The summed E-state index contributed by atoms with van der Waals surface area (Å²) in [6.45, 7) is 6.84. The highest BCUT2D eigenvalue weighted by Gasteiger charge is 2.28. The lowest BCUT2D eigenvalue weighted by Crippen LogP contribution is -2.41. The highest BCUT2D eigenvalue weighted by Crippen LogP contribution is 2.28. The zero-order chi connectivity index (χ0) is 13.9. The van der Waals surface area contributed by atoms with E-state index in [1.807, 2.05) is 25.1 Å². The fourth-order valence-corrected chi connectivity index (χ4v) is 2.89. The minimum absolute atomic E-state index is 0.0381. The van der Waals surface area contributed by atoms with Crippen molar-refractivity contribution in [2.75, 3.05) is 39.5 Å². The summed E-state index contributed by atoms with van der Waals surface area (Å²) in [5, 5.41) is 0. The van der Waals surface area contributed by atoms with Gasteiger partial charge in [0.25, 0.3) is 0 Å². The van der Waals surface area contributed by atoms with E-state index in [9.17, 15) is 4.79 Å². The highest BCUT2D eigenvalue weighted by molar-refractivity contribution is 6.00. The molecule has 0 saturated carbocycles. The number of morpholine rings is 1. The van der Waals surface area contributed by atoms with Crippen molar-refractivity contribution in [2.45, 2.75) is 13.3 Å². The molecule has 0 amide bonds. The van der Waals surface area contributed by atoms with E-state index < -0.39 is 0 Å². The van der Waals surface area contributed by atoms with E-state index in [2.05, 4.69) is 4.90 Å². The van der Waals surface area contributed by atoms with Gasteiger partial charge in [-0.1, -0.05) is 11.6 Å². The summed E-state index contributed by atoms with van der Waals surface area (Å²) in [4.78, 5) is 15.1. The van der Waals surface area contributed by atoms with Gasteiger partial charge in [0.05, 0.1) is 25.4 Å². The van der Waals surface area contributed by atoms with Crippen LogP contribution in [0.4, 0.5) is 0 Å². The van der Waals surface area contributed by atoms with Crippen molar-refractivity contribution in [2.24, 2.45) is 5.92 Å². The number of nitrogens with zero attached hydrogens (tertiary/aromatic N) is 1. The Morgan fingerprint density at radius 3 is 2.85 bits per heavy atom. The van der Waals surface area contributed by atoms with E-state index in [1.54, 1.807) is 0 Å². The average Bonchev–Trinajstić information content (AvgIpc) is 2.61. The Hall–Kier alpha value is -1.39. The van der Waals surface area contributed by atoms with Gasteiger partial charge in [0.1, 0.15) is 5.75 Å². The number of rotatable bonds is 2. The fraction of sp³-hybridized carbons (Fsp3) is 0.562. The van der Waals surface area contributed by atoms with E-state index in [0.717, 1.165) is 56.1 Å². The molecule has 2 heterocycles. The predicted molar refractivity (Wildman–Crippen MR) is 76.4 cm³/mol. The maximum Gasteiger partial charge on any atom is 0.171 e. The van der Waals surface area contributed by atoms with Crippen LogP contribution in [-0.4, -0.2) is 50.1 Å². The van der Waals surface area contributed by atoms with E-state index in [0.29, 0.717) is 6.61 Å². The van der Waals surface area contributed by atoms with E-state index in [1.165, 1.54) is 0 Å². The summed E-state index contributed by atoms with van der Waals surface area (Å²) in [5.74, 6) is 1.01. The van der Waals surface area contributed by atoms with Gasteiger partial charge in [-0.2, -0.15) is 0 Å². The molecule has 0 aromatic heterocycles. The van der Waals surface area contributed by atoms with E-state index >= 15 is 0 Å². The molecule has 1 saturated heterocycles. The molecule has 0 bridgehead atoms. The Morgan fingerprint density at radius 1 is 1.25 bits per heavy atom. The molecule has 0 spiro atoms. The molecule has 1 aromatic rings. The molecule has 4 heteroatoms. The van der Waals surface area contributed by atoms with Crippen LogP contribution in [0, 0.1) is 12.8 Å². The number of ketones is 1.